The van der Waals surface area contributed by atoms with Crippen LogP contribution in [-0.4, -0.2) is 21.0 Å². The van der Waals surface area contributed by atoms with E-state index in [-0.39, 0.29) is 10.6 Å². The van der Waals surface area contributed by atoms with E-state index >= 15 is 0 Å². The number of carbonyl (C=O) groups is 1. The number of pyridine rings is 1. The number of nitrogens with zero attached hydrogens (tertiary/aromatic N) is 1. The predicted molar refractivity (Wildman–Crippen MR) is 81.8 cm³/mol. The molecule has 1 aromatic carbocycles. The van der Waals surface area contributed by atoms with E-state index in [0.29, 0.717) is 12.2 Å². The fourth-order valence-electron chi connectivity index (χ4n) is 2.16. The third-order valence-electron chi connectivity index (χ3n) is 3.22. The van der Waals surface area contributed by atoms with Gasteiger partial charge in [-0.25, -0.2) is 9.78 Å². The first-order valence-electron chi connectivity index (χ1n) is 6.33. The van der Waals surface area contributed by atoms with Crippen molar-refractivity contribution in [2.45, 2.75) is 6.54 Å². The molecule has 0 bridgehead atoms. The first kappa shape index (κ1) is 13.5. The van der Waals surface area contributed by atoms with Gasteiger partial charge in [-0.05, 0) is 35.9 Å². The molecule has 21 heavy (non-hydrogen) atoms. The molecule has 0 amide bonds. The van der Waals surface area contributed by atoms with E-state index in [1.54, 1.807) is 18.3 Å². The molecule has 0 saturated heterocycles. The summed E-state index contributed by atoms with van der Waals surface area (Å²) < 4.78 is 0. The van der Waals surface area contributed by atoms with Gasteiger partial charge in [0.2, 0.25) is 0 Å². The smallest absolute Gasteiger partial charge is 0.337 e. The molecule has 0 unspecified atom stereocenters. The minimum absolute atomic E-state index is 0.0854. The standard InChI is InChI=1S/C15H12ClN3O2/c16-13-4-3-10(6-12(13)15(20)21)18-7-9-8-19-14-11(9)2-1-5-17-14/h1-6,8,18H,7H2,(H,17,19)(H,20,21). The summed E-state index contributed by atoms with van der Waals surface area (Å²) in [4.78, 5) is 18.4. The van der Waals surface area contributed by atoms with Gasteiger partial charge in [0.25, 0.3) is 0 Å². The Balaban J connectivity index is 1.82. The maximum atomic E-state index is 11.1. The van der Waals surface area contributed by atoms with Crippen LogP contribution < -0.4 is 5.32 Å². The van der Waals surface area contributed by atoms with Crippen LogP contribution >= 0.6 is 11.6 Å². The molecule has 3 N–H and O–H groups in total. The highest BCUT2D eigenvalue weighted by atomic mass is 35.5. The number of hydrogen-bond donors (Lipinski definition) is 3. The zero-order chi connectivity index (χ0) is 14.8. The Bertz CT molecular complexity index is 814. The molecule has 0 radical (unpaired) electrons. The van der Waals surface area contributed by atoms with Crippen LogP contribution in [0.1, 0.15) is 15.9 Å². The lowest BCUT2D eigenvalue weighted by Crippen LogP contribution is -2.02. The number of aromatic amines is 1. The molecule has 0 aliphatic rings. The van der Waals surface area contributed by atoms with Crippen molar-refractivity contribution in [3.8, 4) is 0 Å². The second-order valence-corrected chi connectivity index (χ2v) is 4.97. The summed E-state index contributed by atoms with van der Waals surface area (Å²) in [5.41, 5.74) is 2.68. The molecule has 3 rings (SSSR count). The number of aromatic nitrogens is 2. The number of carboxylic acids is 1. The van der Waals surface area contributed by atoms with Gasteiger partial charge in [0.1, 0.15) is 5.65 Å². The van der Waals surface area contributed by atoms with E-state index in [2.05, 4.69) is 15.3 Å². The van der Waals surface area contributed by atoms with E-state index in [9.17, 15) is 4.79 Å². The summed E-state index contributed by atoms with van der Waals surface area (Å²) >= 11 is 5.85. The number of benzene rings is 1. The van der Waals surface area contributed by atoms with Crippen LogP contribution in [-0.2, 0) is 6.54 Å². The Labute approximate surface area is 125 Å². The summed E-state index contributed by atoms with van der Waals surface area (Å²) in [6, 6.07) is 8.72. The molecule has 0 aliphatic heterocycles. The first-order chi connectivity index (χ1) is 10.1. The summed E-state index contributed by atoms with van der Waals surface area (Å²) in [5.74, 6) is -1.04. The molecule has 0 spiro atoms. The quantitative estimate of drug-likeness (QED) is 0.689. The van der Waals surface area contributed by atoms with Crippen LogP contribution in [0, 0.1) is 0 Å². The van der Waals surface area contributed by atoms with Gasteiger partial charge in [-0.15, -0.1) is 0 Å². The topological polar surface area (TPSA) is 78.0 Å². The van der Waals surface area contributed by atoms with Gasteiger partial charge in [0, 0.05) is 30.0 Å². The second kappa shape index (κ2) is 5.46. The Hall–Kier alpha value is -2.53. The van der Waals surface area contributed by atoms with E-state index in [1.165, 1.54) is 6.07 Å². The van der Waals surface area contributed by atoms with Gasteiger partial charge in [-0.3, -0.25) is 0 Å². The molecule has 3 aromatic rings. The minimum atomic E-state index is -1.04. The number of H-pyrrole nitrogens is 1. The van der Waals surface area contributed by atoms with Gasteiger partial charge in [0.05, 0.1) is 10.6 Å². The second-order valence-electron chi connectivity index (χ2n) is 4.57. The SMILES string of the molecule is O=C(O)c1cc(NCc2c[nH]c3ncccc23)ccc1Cl. The summed E-state index contributed by atoms with van der Waals surface area (Å²) in [7, 11) is 0. The molecular weight excluding hydrogens is 290 g/mol. The minimum Gasteiger partial charge on any atom is -0.478 e. The largest absolute Gasteiger partial charge is 0.478 e. The fraction of sp³-hybridized carbons (Fsp3) is 0.0667. The Morgan fingerprint density at radius 1 is 1.38 bits per heavy atom. The maximum absolute atomic E-state index is 11.1. The number of carboxylic acid groups (broad SMARTS) is 1. The highest BCUT2D eigenvalue weighted by molar-refractivity contribution is 6.33. The Kier molecular flexibility index (Phi) is 3.50. The van der Waals surface area contributed by atoms with Crippen LogP contribution in [0.5, 0.6) is 0 Å². The van der Waals surface area contributed by atoms with Gasteiger partial charge >= 0.3 is 5.97 Å². The van der Waals surface area contributed by atoms with E-state index in [0.717, 1.165) is 16.6 Å². The van der Waals surface area contributed by atoms with Crippen LogP contribution in [0.3, 0.4) is 0 Å². The molecule has 5 nitrogen and oxygen atoms in total. The molecular formula is C15H12ClN3O2. The molecule has 6 heteroatoms. The van der Waals surface area contributed by atoms with Crippen molar-refractivity contribution in [1.82, 2.24) is 9.97 Å². The van der Waals surface area contributed by atoms with Crippen molar-refractivity contribution in [3.05, 3.63) is 58.9 Å². The van der Waals surface area contributed by atoms with Crippen LogP contribution in [0.15, 0.2) is 42.7 Å². The predicted octanol–water partition coefficient (Wildman–Crippen LogP) is 3.53. The molecule has 106 valence electrons. The van der Waals surface area contributed by atoms with Crippen molar-refractivity contribution < 1.29 is 9.90 Å². The average Bonchev–Trinajstić information content (AvgIpc) is 2.89. The van der Waals surface area contributed by atoms with Gasteiger partial charge in [-0.1, -0.05) is 11.6 Å². The number of rotatable bonds is 4. The number of halogens is 1. The summed E-state index contributed by atoms with van der Waals surface area (Å²) in [6.07, 6.45) is 3.62. The third-order valence-corrected chi connectivity index (χ3v) is 3.55. The Morgan fingerprint density at radius 2 is 2.24 bits per heavy atom. The molecule has 0 aliphatic carbocycles. The van der Waals surface area contributed by atoms with Gasteiger partial charge in [0.15, 0.2) is 0 Å². The molecule has 0 atom stereocenters. The van der Waals surface area contributed by atoms with Crippen molar-refractivity contribution >= 4 is 34.3 Å². The Morgan fingerprint density at radius 3 is 3.05 bits per heavy atom. The number of hydrogen-bond acceptors (Lipinski definition) is 3. The van der Waals surface area contributed by atoms with Crippen molar-refractivity contribution in [3.63, 3.8) is 0 Å². The number of fused-ring (bicyclic) bond motifs is 1. The van der Waals surface area contributed by atoms with Crippen LogP contribution in [0.25, 0.3) is 11.0 Å². The lowest BCUT2D eigenvalue weighted by atomic mass is 10.2. The number of aromatic carboxylic acids is 1. The highest BCUT2D eigenvalue weighted by Crippen LogP contribution is 2.22. The van der Waals surface area contributed by atoms with Crippen LogP contribution in [0.2, 0.25) is 5.02 Å². The molecule has 2 aromatic heterocycles. The fourth-order valence-corrected chi connectivity index (χ4v) is 2.35. The van der Waals surface area contributed by atoms with Gasteiger partial charge < -0.3 is 15.4 Å². The summed E-state index contributed by atoms with van der Waals surface area (Å²) in [6.45, 7) is 0.562. The van der Waals surface area contributed by atoms with E-state index < -0.39 is 5.97 Å². The number of anilines is 1. The van der Waals surface area contributed by atoms with Crippen molar-refractivity contribution in [2.75, 3.05) is 5.32 Å². The molecule has 0 saturated carbocycles. The highest BCUT2D eigenvalue weighted by Gasteiger charge is 2.10. The normalized spacial score (nSPS) is 10.7. The maximum Gasteiger partial charge on any atom is 0.337 e. The molecule has 0 fully saturated rings. The van der Waals surface area contributed by atoms with Crippen LogP contribution in [0.4, 0.5) is 5.69 Å². The monoisotopic (exact) mass is 301 g/mol. The third kappa shape index (κ3) is 2.68. The van der Waals surface area contributed by atoms with E-state index in [1.807, 2.05) is 18.3 Å². The summed E-state index contributed by atoms with van der Waals surface area (Å²) in [5, 5.41) is 13.5. The lowest BCUT2D eigenvalue weighted by molar-refractivity contribution is 0.0697. The van der Waals surface area contributed by atoms with Gasteiger partial charge in [-0.2, -0.15) is 0 Å². The molecule has 2 heterocycles. The first-order valence-corrected chi connectivity index (χ1v) is 6.70. The van der Waals surface area contributed by atoms with E-state index in [4.69, 9.17) is 16.7 Å². The zero-order valence-corrected chi connectivity index (χ0v) is 11.7. The van der Waals surface area contributed by atoms with Crippen molar-refractivity contribution in [1.29, 1.82) is 0 Å². The average molecular weight is 302 g/mol. The lowest BCUT2D eigenvalue weighted by Gasteiger charge is -2.07. The van der Waals surface area contributed by atoms with Crippen molar-refractivity contribution in [2.24, 2.45) is 0 Å². The number of nitrogens with one attached hydrogen (secondary N) is 2. The zero-order valence-electron chi connectivity index (χ0n) is 10.9.